The minimum atomic E-state index is -0.396. The molecule has 0 unspecified atom stereocenters. The Morgan fingerprint density at radius 1 is 1.24 bits per heavy atom. The van der Waals surface area contributed by atoms with Gasteiger partial charge in [0.05, 0.1) is 5.57 Å². The summed E-state index contributed by atoms with van der Waals surface area (Å²) in [7, 11) is 0. The van der Waals surface area contributed by atoms with Crippen LogP contribution in [0.3, 0.4) is 0 Å². The summed E-state index contributed by atoms with van der Waals surface area (Å²) in [4.78, 5) is 16.8. The SMILES string of the molecule is CCSC1=NN2C(=N)/C(=C/c3cc(C)n(-c4cccc(C)c4)c3C)C(=O)N=C2S1. The number of hydrogen-bond donors (Lipinski definition) is 1. The maximum absolute atomic E-state index is 12.6. The van der Waals surface area contributed by atoms with Gasteiger partial charge in [0.25, 0.3) is 5.91 Å². The Kier molecular flexibility index (Phi) is 5.23. The second-order valence-electron chi connectivity index (χ2n) is 6.82. The summed E-state index contributed by atoms with van der Waals surface area (Å²) in [5.74, 6) is 0.550. The van der Waals surface area contributed by atoms with Crippen molar-refractivity contribution in [3.05, 3.63) is 58.4 Å². The average Bonchev–Trinajstić information content (AvgIpc) is 3.19. The zero-order valence-corrected chi connectivity index (χ0v) is 18.3. The molecule has 0 fully saturated rings. The molecule has 2 aliphatic heterocycles. The molecule has 0 aliphatic carbocycles. The standard InChI is InChI=1S/C21H21N5OS2/c1-5-28-21-24-26-18(22)17(19(27)23-20(26)29-21)11-15-10-13(3)25(14(15)4)16-8-6-7-12(2)9-16/h6-11,22H,5H2,1-4H3/b17-11-,22-18?. The number of benzene rings is 1. The van der Waals surface area contributed by atoms with E-state index in [0.29, 0.717) is 5.17 Å². The summed E-state index contributed by atoms with van der Waals surface area (Å²) in [5.41, 5.74) is 5.50. The van der Waals surface area contributed by atoms with Crippen molar-refractivity contribution in [3.8, 4) is 5.69 Å². The summed E-state index contributed by atoms with van der Waals surface area (Å²) in [6.45, 7) is 8.17. The third-order valence-electron chi connectivity index (χ3n) is 4.73. The van der Waals surface area contributed by atoms with Crippen LogP contribution in [0.25, 0.3) is 11.8 Å². The summed E-state index contributed by atoms with van der Waals surface area (Å²) in [5, 5.41) is 14.9. The van der Waals surface area contributed by atoms with Gasteiger partial charge in [0, 0.05) is 17.1 Å². The number of nitrogens with one attached hydrogen (secondary N) is 1. The molecule has 0 radical (unpaired) electrons. The number of aryl methyl sites for hydroxylation is 2. The molecule has 1 N–H and O–H groups in total. The van der Waals surface area contributed by atoms with Gasteiger partial charge >= 0.3 is 0 Å². The summed E-state index contributed by atoms with van der Waals surface area (Å²) < 4.78 is 2.97. The van der Waals surface area contributed by atoms with Gasteiger partial charge in [-0.05, 0) is 73.7 Å². The van der Waals surface area contributed by atoms with Crippen LogP contribution in [0.2, 0.25) is 0 Å². The highest BCUT2D eigenvalue weighted by molar-refractivity contribution is 8.45. The first-order chi connectivity index (χ1) is 13.9. The lowest BCUT2D eigenvalue weighted by atomic mass is 10.1. The minimum Gasteiger partial charge on any atom is -0.318 e. The number of amides is 1. The van der Waals surface area contributed by atoms with Crippen molar-refractivity contribution >= 4 is 50.9 Å². The molecule has 0 spiro atoms. The fourth-order valence-electron chi connectivity index (χ4n) is 3.41. The van der Waals surface area contributed by atoms with E-state index in [4.69, 9.17) is 5.41 Å². The number of fused-ring (bicyclic) bond motifs is 1. The van der Waals surface area contributed by atoms with E-state index >= 15 is 0 Å². The number of hydrazone groups is 1. The molecular formula is C21H21N5OS2. The van der Waals surface area contributed by atoms with Crippen LogP contribution in [-0.4, -0.2) is 36.6 Å². The first-order valence-corrected chi connectivity index (χ1v) is 11.1. The maximum atomic E-state index is 12.6. The number of carbonyl (C=O) groups excluding carboxylic acids is 1. The quantitative estimate of drug-likeness (QED) is 0.724. The van der Waals surface area contributed by atoms with Gasteiger partial charge in [-0.15, -0.1) is 5.10 Å². The van der Waals surface area contributed by atoms with Crippen molar-refractivity contribution in [2.45, 2.75) is 27.7 Å². The number of aromatic nitrogens is 1. The monoisotopic (exact) mass is 423 g/mol. The summed E-state index contributed by atoms with van der Waals surface area (Å²) >= 11 is 2.92. The molecule has 8 heteroatoms. The lowest BCUT2D eigenvalue weighted by Gasteiger charge is -2.20. The number of amidine groups is 2. The molecule has 0 bridgehead atoms. The number of nitrogens with zero attached hydrogens (tertiary/aromatic N) is 4. The number of rotatable bonds is 3. The lowest BCUT2D eigenvalue weighted by molar-refractivity contribution is -0.114. The summed E-state index contributed by atoms with van der Waals surface area (Å²) in [6, 6.07) is 10.3. The molecule has 29 heavy (non-hydrogen) atoms. The van der Waals surface area contributed by atoms with Crippen molar-refractivity contribution in [2.24, 2.45) is 10.1 Å². The molecule has 4 rings (SSSR count). The van der Waals surface area contributed by atoms with E-state index in [-0.39, 0.29) is 11.4 Å². The largest absolute Gasteiger partial charge is 0.318 e. The van der Waals surface area contributed by atoms with Crippen molar-refractivity contribution in [1.82, 2.24) is 9.58 Å². The van der Waals surface area contributed by atoms with Gasteiger partial charge in [0.1, 0.15) is 0 Å². The van der Waals surface area contributed by atoms with Crippen LogP contribution in [-0.2, 0) is 4.79 Å². The smallest absolute Gasteiger partial charge is 0.283 e. The van der Waals surface area contributed by atoms with E-state index in [9.17, 15) is 4.79 Å². The Balaban J connectivity index is 1.73. The lowest BCUT2D eigenvalue weighted by Crippen LogP contribution is -2.35. The molecule has 3 heterocycles. The third kappa shape index (κ3) is 3.58. The van der Waals surface area contributed by atoms with Gasteiger partial charge in [-0.1, -0.05) is 30.8 Å². The average molecular weight is 424 g/mol. The topological polar surface area (TPSA) is 73.8 Å². The molecule has 1 aromatic carbocycles. The number of carbonyl (C=O) groups is 1. The molecule has 0 saturated heterocycles. The molecule has 6 nitrogen and oxygen atoms in total. The molecule has 148 valence electrons. The van der Waals surface area contributed by atoms with Gasteiger partial charge in [0.15, 0.2) is 10.2 Å². The van der Waals surface area contributed by atoms with E-state index in [1.165, 1.54) is 22.3 Å². The van der Waals surface area contributed by atoms with E-state index in [2.05, 4.69) is 39.8 Å². The molecular weight excluding hydrogens is 402 g/mol. The zero-order chi connectivity index (χ0) is 20.7. The van der Waals surface area contributed by atoms with Gasteiger partial charge < -0.3 is 4.57 Å². The van der Waals surface area contributed by atoms with Crippen molar-refractivity contribution in [3.63, 3.8) is 0 Å². The Labute approximate surface area is 178 Å². The first-order valence-electron chi connectivity index (χ1n) is 9.28. The predicted molar refractivity (Wildman–Crippen MR) is 123 cm³/mol. The molecule has 0 atom stereocenters. The first kappa shape index (κ1) is 19.7. The Morgan fingerprint density at radius 3 is 2.76 bits per heavy atom. The highest BCUT2D eigenvalue weighted by Crippen LogP contribution is 2.33. The van der Waals surface area contributed by atoms with E-state index in [0.717, 1.165) is 32.8 Å². The van der Waals surface area contributed by atoms with Crippen LogP contribution in [0.4, 0.5) is 0 Å². The zero-order valence-electron chi connectivity index (χ0n) is 16.7. The van der Waals surface area contributed by atoms with Crippen molar-refractivity contribution in [2.75, 3.05) is 5.75 Å². The van der Waals surface area contributed by atoms with E-state index in [1.54, 1.807) is 17.8 Å². The van der Waals surface area contributed by atoms with Gasteiger partial charge in [-0.2, -0.15) is 10.0 Å². The Morgan fingerprint density at radius 2 is 2.03 bits per heavy atom. The number of thioether (sulfide) groups is 2. The van der Waals surface area contributed by atoms with Crippen LogP contribution in [0.15, 0.2) is 46.0 Å². The predicted octanol–water partition coefficient (Wildman–Crippen LogP) is 4.73. The molecule has 2 aromatic rings. The molecule has 2 aliphatic rings. The van der Waals surface area contributed by atoms with Gasteiger partial charge in [-0.3, -0.25) is 10.2 Å². The summed E-state index contributed by atoms with van der Waals surface area (Å²) in [6.07, 6.45) is 1.75. The van der Waals surface area contributed by atoms with Crippen molar-refractivity contribution < 1.29 is 4.79 Å². The highest BCUT2D eigenvalue weighted by atomic mass is 32.2. The Hall–Kier alpha value is -2.58. The molecule has 1 aromatic heterocycles. The van der Waals surface area contributed by atoms with Gasteiger partial charge in [0.2, 0.25) is 5.17 Å². The van der Waals surface area contributed by atoms with Crippen LogP contribution in [0, 0.1) is 26.2 Å². The molecule has 1 amide bonds. The second kappa shape index (κ2) is 7.68. The maximum Gasteiger partial charge on any atom is 0.283 e. The van der Waals surface area contributed by atoms with Crippen molar-refractivity contribution in [1.29, 1.82) is 5.41 Å². The van der Waals surface area contributed by atoms with Crippen LogP contribution >= 0.6 is 23.5 Å². The fraction of sp³-hybridized carbons (Fsp3) is 0.238. The van der Waals surface area contributed by atoms with Crippen LogP contribution in [0.1, 0.15) is 29.4 Å². The third-order valence-corrected chi connectivity index (χ3v) is 6.66. The minimum absolute atomic E-state index is 0.0690. The highest BCUT2D eigenvalue weighted by Gasteiger charge is 2.35. The van der Waals surface area contributed by atoms with E-state index < -0.39 is 5.91 Å². The van der Waals surface area contributed by atoms with Crippen LogP contribution in [0.5, 0.6) is 0 Å². The fourth-order valence-corrected chi connectivity index (χ4v) is 5.23. The number of hydrogen-bond acceptors (Lipinski definition) is 5. The normalized spacial score (nSPS) is 17.7. The molecule has 0 saturated carbocycles. The van der Waals surface area contributed by atoms with Crippen LogP contribution < -0.4 is 0 Å². The second-order valence-corrected chi connectivity index (χ2v) is 9.29. The Bertz CT molecular complexity index is 1130. The van der Waals surface area contributed by atoms with E-state index in [1.807, 2.05) is 32.9 Å². The number of aliphatic imine (C=N–C) groups is 1. The van der Waals surface area contributed by atoms with Gasteiger partial charge in [-0.25, -0.2) is 0 Å².